The van der Waals surface area contributed by atoms with Crippen LogP contribution in [0, 0.1) is 3.90 Å². The Labute approximate surface area is 86.9 Å². The van der Waals surface area contributed by atoms with Crippen molar-refractivity contribution < 1.29 is 4.42 Å². The van der Waals surface area contributed by atoms with Crippen molar-refractivity contribution in [2.75, 3.05) is 0 Å². The van der Waals surface area contributed by atoms with E-state index in [4.69, 9.17) is 4.42 Å². The molecule has 0 atom stereocenters. The summed E-state index contributed by atoms with van der Waals surface area (Å²) in [6.07, 6.45) is 0.919. The summed E-state index contributed by atoms with van der Waals surface area (Å²) in [4.78, 5) is 4.37. The lowest BCUT2D eigenvalue weighted by Gasteiger charge is -2.15. The molecule has 0 spiro atoms. The Hall–Kier alpha value is -0.0600. The van der Waals surface area contributed by atoms with Gasteiger partial charge in [-0.3, -0.25) is 0 Å². The number of aromatic nitrogens is 1. The normalized spacial score (nSPS) is 12.1. The molecule has 0 saturated carbocycles. The van der Waals surface area contributed by atoms with Gasteiger partial charge in [0.25, 0.3) is 3.90 Å². The lowest BCUT2D eigenvalue weighted by molar-refractivity contribution is 0.470. The smallest absolute Gasteiger partial charge is 0.257 e. The van der Waals surface area contributed by atoms with Crippen LogP contribution in [-0.2, 0) is 11.8 Å². The molecule has 68 valence electrons. The van der Waals surface area contributed by atoms with Gasteiger partial charge in [0.05, 0.1) is 5.69 Å². The van der Waals surface area contributed by atoms with Crippen LogP contribution in [0.3, 0.4) is 0 Å². The molecule has 1 rings (SSSR count). The molecule has 0 radical (unpaired) electrons. The standard InChI is InChI=1S/C9H14INO/c1-5-6-7(9(2,3)4)11-8(10)12-6/h5H2,1-4H3. The van der Waals surface area contributed by atoms with Gasteiger partial charge < -0.3 is 4.42 Å². The van der Waals surface area contributed by atoms with E-state index in [1.165, 1.54) is 0 Å². The van der Waals surface area contributed by atoms with Gasteiger partial charge in [-0.15, -0.1) is 0 Å². The van der Waals surface area contributed by atoms with Gasteiger partial charge in [0.2, 0.25) is 0 Å². The highest BCUT2D eigenvalue weighted by molar-refractivity contribution is 14.1. The van der Waals surface area contributed by atoms with Crippen molar-refractivity contribution in [3.05, 3.63) is 15.4 Å². The van der Waals surface area contributed by atoms with Crippen molar-refractivity contribution in [1.29, 1.82) is 0 Å². The van der Waals surface area contributed by atoms with Crippen LogP contribution in [0.15, 0.2) is 4.42 Å². The van der Waals surface area contributed by atoms with Crippen LogP contribution < -0.4 is 0 Å². The van der Waals surface area contributed by atoms with Crippen LogP contribution in [0.2, 0.25) is 0 Å². The van der Waals surface area contributed by atoms with Gasteiger partial charge in [-0.25, -0.2) is 4.98 Å². The van der Waals surface area contributed by atoms with E-state index in [9.17, 15) is 0 Å². The van der Waals surface area contributed by atoms with Crippen molar-refractivity contribution in [2.24, 2.45) is 0 Å². The summed E-state index contributed by atoms with van der Waals surface area (Å²) in [5, 5.41) is 0. The van der Waals surface area contributed by atoms with E-state index in [-0.39, 0.29) is 5.41 Å². The summed E-state index contributed by atoms with van der Waals surface area (Å²) in [5.74, 6) is 1.02. The first-order chi connectivity index (χ1) is 5.45. The van der Waals surface area contributed by atoms with Gasteiger partial charge in [-0.2, -0.15) is 0 Å². The monoisotopic (exact) mass is 279 g/mol. The van der Waals surface area contributed by atoms with Crippen LogP contribution in [0.5, 0.6) is 0 Å². The van der Waals surface area contributed by atoms with Crippen molar-refractivity contribution >= 4 is 22.6 Å². The second kappa shape index (κ2) is 3.36. The van der Waals surface area contributed by atoms with Crippen LogP contribution >= 0.6 is 22.6 Å². The summed E-state index contributed by atoms with van der Waals surface area (Å²) in [6, 6.07) is 0. The van der Waals surface area contributed by atoms with Crippen LogP contribution in [0.4, 0.5) is 0 Å². The lowest BCUT2D eigenvalue weighted by Crippen LogP contribution is -2.13. The molecule has 0 aromatic carbocycles. The first kappa shape index (κ1) is 10.0. The zero-order valence-electron chi connectivity index (χ0n) is 7.94. The van der Waals surface area contributed by atoms with E-state index in [1.54, 1.807) is 0 Å². The number of nitrogens with zero attached hydrogens (tertiary/aromatic N) is 1. The van der Waals surface area contributed by atoms with E-state index in [2.05, 4.69) is 55.3 Å². The van der Waals surface area contributed by atoms with E-state index in [1.807, 2.05) is 0 Å². The Morgan fingerprint density at radius 2 is 2.00 bits per heavy atom. The number of aryl methyl sites for hydroxylation is 1. The highest BCUT2D eigenvalue weighted by atomic mass is 127. The molecule has 3 heteroatoms. The minimum Gasteiger partial charge on any atom is -0.437 e. The fourth-order valence-corrected chi connectivity index (χ4v) is 1.66. The first-order valence-corrected chi connectivity index (χ1v) is 5.18. The average Bonchev–Trinajstić information content (AvgIpc) is 2.29. The minimum absolute atomic E-state index is 0.0955. The number of rotatable bonds is 1. The second-order valence-corrected chi connectivity index (χ2v) is 4.76. The van der Waals surface area contributed by atoms with Crippen molar-refractivity contribution in [3.8, 4) is 0 Å². The highest BCUT2D eigenvalue weighted by Gasteiger charge is 2.22. The molecule has 0 amide bonds. The third kappa shape index (κ3) is 2.00. The molecule has 0 N–H and O–H groups in total. The van der Waals surface area contributed by atoms with Gasteiger partial charge in [0.1, 0.15) is 5.76 Å². The first-order valence-electron chi connectivity index (χ1n) is 4.11. The SMILES string of the molecule is CCc1oc(I)nc1C(C)(C)C. The Morgan fingerprint density at radius 3 is 2.33 bits per heavy atom. The fourth-order valence-electron chi connectivity index (χ4n) is 1.15. The zero-order valence-corrected chi connectivity index (χ0v) is 10.1. The molecule has 1 aromatic heterocycles. The van der Waals surface area contributed by atoms with E-state index in [0.717, 1.165) is 21.8 Å². The van der Waals surface area contributed by atoms with Gasteiger partial charge in [0, 0.05) is 34.4 Å². The maximum Gasteiger partial charge on any atom is 0.257 e. The fraction of sp³-hybridized carbons (Fsp3) is 0.667. The van der Waals surface area contributed by atoms with E-state index < -0.39 is 0 Å². The van der Waals surface area contributed by atoms with Gasteiger partial charge in [-0.05, 0) is 0 Å². The molecular weight excluding hydrogens is 265 g/mol. The molecule has 0 saturated heterocycles. The minimum atomic E-state index is 0.0955. The Bertz CT molecular complexity index is 273. The Balaban J connectivity index is 3.13. The largest absolute Gasteiger partial charge is 0.437 e. The molecule has 0 aliphatic carbocycles. The second-order valence-electron chi connectivity index (χ2n) is 3.84. The predicted octanol–water partition coefficient (Wildman–Crippen LogP) is 3.14. The summed E-state index contributed by atoms with van der Waals surface area (Å²) >= 11 is 2.11. The number of hydrogen-bond donors (Lipinski definition) is 0. The number of hydrogen-bond acceptors (Lipinski definition) is 2. The summed E-state index contributed by atoms with van der Waals surface area (Å²) in [6.45, 7) is 8.55. The summed E-state index contributed by atoms with van der Waals surface area (Å²) in [5.41, 5.74) is 1.19. The van der Waals surface area contributed by atoms with Crippen molar-refractivity contribution in [1.82, 2.24) is 4.98 Å². The van der Waals surface area contributed by atoms with Crippen LogP contribution in [0.1, 0.15) is 39.1 Å². The third-order valence-corrected chi connectivity index (χ3v) is 2.16. The topological polar surface area (TPSA) is 26.0 Å². The molecule has 12 heavy (non-hydrogen) atoms. The van der Waals surface area contributed by atoms with Gasteiger partial charge in [0.15, 0.2) is 0 Å². The third-order valence-electron chi connectivity index (χ3n) is 1.70. The maximum absolute atomic E-state index is 5.47. The summed E-state index contributed by atoms with van der Waals surface area (Å²) in [7, 11) is 0. The molecule has 1 aromatic rings. The van der Waals surface area contributed by atoms with Crippen LogP contribution in [0.25, 0.3) is 0 Å². The van der Waals surface area contributed by atoms with Crippen molar-refractivity contribution in [2.45, 2.75) is 39.5 Å². The molecule has 1 heterocycles. The van der Waals surface area contributed by atoms with E-state index in [0.29, 0.717) is 0 Å². The molecule has 0 aliphatic rings. The van der Waals surface area contributed by atoms with Crippen molar-refractivity contribution in [3.63, 3.8) is 0 Å². The lowest BCUT2D eigenvalue weighted by atomic mass is 9.90. The molecule has 0 unspecified atom stereocenters. The maximum atomic E-state index is 5.47. The molecular formula is C9H14INO. The average molecular weight is 279 g/mol. The van der Waals surface area contributed by atoms with Gasteiger partial charge >= 0.3 is 0 Å². The number of halogens is 1. The quantitative estimate of drug-likeness (QED) is 0.738. The van der Waals surface area contributed by atoms with Crippen LogP contribution in [-0.4, -0.2) is 4.98 Å². The molecule has 0 bridgehead atoms. The Morgan fingerprint density at radius 1 is 1.42 bits per heavy atom. The highest BCUT2D eigenvalue weighted by Crippen LogP contribution is 2.26. The Kier molecular flexibility index (Phi) is 2.81. The van der Waals surface area contributed by atoms with Gasteiger partial charge in [-0.1, -0.05) is 27.7 Å². The zero-order chi connectivity index (χ0) is 9.35. The molecule has 0 fully saturated rings. The molecule has 2 nitrogen and oxygen atoms in total. The molecule has 0 aliphatic heterocycles. The summed E-state index contributed by atoms with van der Waals surface area (Å²) < 4.78 is 6.21. The van der Waals surface area contributed by atoms with E-state index >= 15 is 0 Å². The number of oxazole rings is 1. The predicted molar refractivity (Wildman–Crippen MR) is 57.3 cm³/mol.